The van der Waals surface area contributed by atoms with Crippen molar-refractivity contribution in [3.05, 3.63) is 84.7 Å². The third-order valence-electron chi connectivity index (χ3n) is 4.32. The molecule has 1 unspecified atom stereocenters. The maximum atomic E-state index is 10.9. The molecule has 1 atom stereocenters. The number of rotatable bonds is 10. The van der Waals surface area contributed by atoms with E-state index in [1.807, 2.05) is 66.7 Å². The highest BCUT2D eigenvalue weighted by Crippen LogP contribution is 2.28. The van der Waals surface area contributed by atoms with Gasteiger partial charge in [-0.3, -0.25) is 14.7 Å². The Morgan fingerprint density at radius 2 is 1.72 bits per heavy atom. The van der Waals surface area contributed by atoms with Gasteiger partial charge in [-0.1, -0.05) is 30.3 Å². The van der Waals surface area contributed by atoms with Gasteiger partial charge in [-0.2, -0.15) is 0 Å². The van der Waals surface area contributed by atoms with Crippen LogP contribution in [0, 0.1) is 0 Å². The molecule has 1 aromatic heterocycles. The van der Waals surface area contributed by atoms with Crippen molar-refractivity contribution in [2.75, 3.05) is 20.1 Å². The number of benzene rings is 2. The molecule has 0 saturated heterocycles. The Morgan fingerprint density at radius 3 is 2.38 bits per heavy atom. The highest BCUT2D eigenvalue weighted by atomic mass is 16.5. The number of carboxylic acids is 1. The molecule has 3 aromatic rings. The number of ether oxygens (including phenoxy) is 2. The first-order chi connectivity index (χ1) is 14.1. The number of nitrogens with zero attached hydrogens (tertiary/aromatic N) is 2. The molecule has 6 heteroatoms. The molecule has 6 nitrogen and oxygen atoms in total. The van der Waals surface area contributed by atoms with E-state index in [0.717, 1.165) is 11.3 Å². The lowest BCUT2D eigenvalue weighted by Crippen LogP contribution is -2.28. The molecule has 0 aliphatic carbocycles. The van der Waals surface area contributed by atoms with Gasteiger partial charge in [0.2, 0.25) is 0 Å². The van der Waals surface area contributed by atoms with Gasteiger partial charge in [0.1, 0.15) is 23.4 Å². The van der Waals surface area contributed by atoms with Gasteiger partial charge in [-0.15, -0.1) is 0 Å². The van der Waals surface area contributed by atoms with E-state index in [4.69, 9.17) is 14.6 Å². The molecule has 2 aromatic carbocycles. The lowest BCUT2D eigenvalue weighted by Gasteiger charge is -2.22. The number of aromatic nitrogens is 1. The van der Waals surface area contributed by atoms with E-state index < -0.39 is 5.97 Å². The van der Waals surface area contributed by atoms with Gasteiger partial charge in [-0.25, -0.2) is 0 Å². The van der Waals surface area contributed by atoms with Crippen LogP contribution in [0.15, 0.2) is 79.1 Å². The summed E-state index contributed by atoms with van der Waals surface area (Å²) in [5.41, 5.74) is 1.05. The Labute approximate surface area is 170 Å². The molecule has 3 rings (SSSR count). The number of likely N-dealkylation sites (N-methyl/N-ethyl adjacent to an activating group) is 1. The number of aliphatic carboxylic acids is 1. The van der Waals surface area contributed by atoms with Crippen LogP contribution in [0.4, 0.5) is 0 Å². The summed E-state index contributed by atoms with van der Waals surface area (Å²) >= 11 is 0. The average molecular weight is 392 g/mol. The van der Waals surface area contributed by atoms with Crippen molar-refractivity contribution >= 4 is 5.97 Å². The Kier molecular flexibility index (Phi) is 7.19. The van der Waals surface area contributed by atoms with Gasteiger partial charge in [-0.05, 0) is 49.0 Å². The van der Waals surface area contributed by atoms with Crippen molar-refractivity contribution in [2.45, 2.75) is 12.5 Å². The van der Waals surface area contributed by atoms with Gasteiger partial charge < -0.3 is 14.6 Å². The number of carboxylic acid groups (broad SMARTS) is 1. The standard InChI is InChI=1S/C23H24N2O4/c1-25(17-23(26)27)15-13-22(18-6-3-2-4-7-18)29-20-11-9-19(10-12-20)28-21-8-5-14-24-16-21/h2-12,14,16,22H,13,15,17H2,1H3,(H,26,27). The zero-order valence-corrected chi connectivity index (χ0v) is 16.3. The molecular formula is C23H24N2O4. The first-order valence-electron chi connectivity index (χ1n) is 9.40. The van der Waals surface area contributed by atoms with Gasteiger partial charge in [0.05, 0.1) is 12.7 Å². The molecule has 0 saturated carbocycles. The fraction of sp³-hybridized carbons (Fsp3) is 0.217. The van der Waals surface area contributed by atoms with E-state index >= 15 is 0 Å². The minimum absolute atomic E-state index is 0.00187. The van der Waals surface area contributed by atoms with E-state index in [1.165, 1.54) is 0 Å². The average Bonchev–Trinajstić information content (AvgIpc) is 2.73. The lowest BCUT2D eigenvalue weighted by atomic mass is 10.1. The topological polar surface area (TPSA) is 71.9 Å². The minimum Gasteiger partial charge on any atom is -0.486 e. The van der Waals surface area contributed by atoms with E-state index in [0.29, 0.717) is 24.5 Å². The molecule has 0 aliphatic heterocycles. The predicted octanol–water partition coefficient (Wildman–Crippen LogP) is 4.40. The van der Waals surface area contributed by atoms with Crippen LogP contribution in [-0.2, 0) is 4.79 Å². The molecular weight excluding hydrogens is 368 g/mol. The summed E-state index contributed by atoms with van der Waals surface area (Å²) in [6, 6.07) is 21.0. The van der Waals surface area contributed by atoms with Gasteiger partial charge >= 0.3 is 5.97 Å². The second-order valence-electron chi connectivity index (χ2n) is 6.70. The third-order valence-corrected chi connectivity index (χ3v) is 4.32. The quantitative estimate of drug-likeness (QED) is 0.551. The number of pyridine rings is 1. The molecule has 0 fully saturated rings. The van der Waals surface area contributed by atoms with Crippen molar-refractivity contribution < 1.29 is 19.4 Å². The normalized spacial score (nSPS) is 11.8. The maximum absolute atomic E-state index is 10.9. The summed E-state index contributed by atoms with van der Waals surface area (Å²) in [7, 11) is 1.79. The van der Waals surface area contributed by atoms with Crippen LogP contribution in [0.5, 0.6) is 17.2 Å². The number of carbonyl (C=O) groups is 1. The molecule has 1 heterocycles. The summed E-state index contributed by atoms with van der Waals surface area (Å²) in [5.74, 6) is 1.25. The smallest absolute Gasteiger partial charge is 0.317 e. The van der Waals surface area contributed by atoms with Crippen LogP contribution in [0.1, 0.15) is 18.1 Å². The van der Waals surface area contributed by atoms with Crippen LogP contribution >= 0.6 is 0 Å². The third kappa shape index (κ3) is 6.62. The zero-order valence-electron chi connectivity index (χ0n) is 16.3. The zero-order chi connectivity index (χ0) is 20.5. The summed E-state index contributed by atoms with van der Waals surface area (Å²) in [5, 5.41) is 8.94. The fourth-order valence-electron chi connectivity index (χ4n) is 2.90. The van der Waals surface area contributed by atoms with Gasteiger partial charge in [0.15, 0.2) is 0 Å². The molecule has 0 bridgehead atoms. The van der Waals surface area contributed by atoms with Crippen LogP contribution < -0.4 is 9.47 Å². The second kappa shape index (κ2) is 10.2. The van der Waals surface area contributed by atoms with E-state index in [9.17, 15) is 4.79 Å². The van der Waals surface area contributed by atoms with Crippen molar-refractivity contribution in [1.82, 2.24) is 9.88 Å². The maximum Gasteiger partial charge on any atom is 0.317 e. The molecule has 1 N–H and O–H groups in total. The van der Waals surface area contributed by atoms with Crippen LogP contribution in [0.25, 0.3) is 0 Å². The lowest BCUT2D eigenvalue weighted by molar-refractivity contribution is -0.138. The van der Waals surface area contributed by atoms with E-state index in [1.54, 1.807) is 24.3 Å². The Morgan fingerprint density at radius 1 is 1.00 bits per heavy atom. The monoisotopic (exact) mass is 392 g/mol. The summed E-state index contributed by atoms with van der Waals surface area (Å²) < 4.78 is 12.0. The highest BCUT2D eigenvalue weighted by Gasteiger charge is 2.15. The van der Waals surface area contributed by atoms with E-state index in [2.05, 4.69) is 4.98 Å². The molecule has 0 aliphatic rings. The Balaban J connectivity index is 1.66. The second-order valence-corrected chi connectivity index (χ2v) is 6.70. The first kappa shape index (κ1) is 20.4. The van der Waals surface area contributed by atoms with Crippen molar-refractivity contribution in [1.29, 1.82) is 0 Å². The highest BCUT2D eigenvalue weighted by molar-refractivity contribution is 5.68. The first-order valence-corrected chi connectivity index (χ1v) is 9.40. The minimum atomic E-state index is -0.839. The van der Waals surface area contributed by atoms with E-state index in [-0.39, 0.29) is 12.6 Å². The Hall–Kier alpha value is -3.38. The number of hydrogen-bond donors (Lipinski definition) is 1. The SMILES string of the molecule is CN(CCC(Oc1ccc(Oc2cccnc2)cc1)c1ccccc1)CC(=O)O. The van der Waals surface area contributed by atoms with Crippen LogP contribution in [-0.4, -0.2) is 41.1 Å². The fourth-order valence-corrected chi connectivity index (χ4v) is 2.90. The van der Waals surface area contributed by atoms with Crippen molar-refractivity contribution in [3.8, 4) is 17.2 Å². The van der Waals surface area contributed by atoms with Gasteiger partial charge in [0.25, 0.3) is 0 Å². The molecule has 29 heavy (non-hydrogen) atoms. The summed E-state index contributed by atoms with van der Waals surface area (Å²) in [6.45, 7) is 0.607. The van der Waals surface area contributed by atoms with Gasteiger partial charge in [0, 0.05) is 19.2 Å². The van der Waals surface area contributed by atoms with Crippen LogP contribution in [0.3, 0.4) is 0 Å². The number of hydrogen-bond acceptors (Lipinski definition) is 5. The molecule has 0 spiro atoms. The van der Waals surface area contributed by atoms with Crippen molar-refractivity contribution in [3.63, 3.8) is 0 Å². The predicted molar refractivity (Wildman–Crippen MR) is 110 cm³/mol. The summed E-state index contributed by atoms with van der Waals surface area (Å²) in [6.07, 6.45) is 3.84. The van der Waals surface area contributed by atoms with Crippen molar-refractivity contribution in [2.24, 2.45) is 0 Å². The summed E-state index contributed by atoms with van der Waals surface area (Å²) in [4.78, 5) is 16.7. The molecule has 150 valence electrons. The Bertz CT molecular complexity index is 886. The molecule has 0 amide bonds. The molecule has 0 radical (unpaired) electrons. The van der Waals surface area contributed by atoms with Crippen LogP contribution in [0.2, 0.25) is 0 Å². The largest absolute Gasteiger partial charge is 0.486 e.